The molecule has 0 aromatic carbocycles. The Balaban J connectivity index is 1.43. The molecule has 1 N–H and O–H groups in total. The molecule has 0 aliphatic carbocycles. The van der Waals surface area contributed by atoms with E-state index in [1.165, 1.54) is 51.6 Å². The highest BCUT2D eigenvalue weighted by Crippen LogP contribution is 2.21. The second-order valence-electron chi connectivity index (χ2n) is 6.54. The van der Waals surface area contributed by atoms with Crippen molar-refractivity contribution in [2.75, 3.05) is 6.54 Å². The molecule has 0 radical (unpaired) electrons. The van der Waals surface area contributed by atoms with Crippen molar-refractivity contribution in [1.29, 1.82) is 0 Å². The van der Waals surface area contributed by atoms with Gasteiger partial charge in [-0.1, -0.05) is 6.07 Å². The zero-order chi connectivity index (χ0) is 21.8. The Bertz CT molecular complexity index is 1290. The molecule has 4 aromatic heterocycles. The van der Waals surface area contributed by atoms with Crippen LogP contribution in [0.2, 0.25) is 0 Å². The Kier molecular flexibility index (Phi) is 5.80. The SMILES string of the molecule is CC(C(=O)NCCn1nc(-n2cncn2)ccc1=O)n1nc(-c2cccs2)ccc1=O. The minimum Gasteiger partial charge on any atom is -0.352 e. The number of hydrogen-bond acceptors (Lipinski definition) is 8. The van der Waals surface area contributed by atoms with Gasteiger partial charge in [0, 0.05) is 18.7 Å². The highest BCUT2D eigenvalue weighted by atomic mass is 32.1. The van der Waals surface area contributed by atoms with Crippen LogP contribution in [0.1, 0.15) is 13.0 Å². The third kappa shape index (κ3) is 4.48. The van der Waals surface area contributed by atoms with Gasteiger partial charge in [0.1, 0.15) is 24.4 Å². The molecule has 4 rings (SSSR count). The summed E-state index contributed by atoms with van der Waals surface area (Å²) in [6.45, 7) is 1.89. The van der Waals surface area contributed by atoms with Gasteiger partial charge in [-0.2, -0.15) is 10.2 Å². The number of nitrogens with one attached hydrogen (secondary N) is 1. The average Bonchev–Trinajstić information content (AvgIpc) is 3.49. The largest absolute Gasteiger partial charge is 0.352 e. The molecule has 0 fully saturated rings. The molecule has 4 heterocycles. The fourth-order valence-corrected chi connectivity index (χ4v) is 3.54. The van der Waals surface area contributed by atoms with Crippen molar-refractivity contribution in [3.63, 3.8) is 0 Å². The van der Waals surface area contributed by atoms with Gasteiger partial charge in [-0.3, -0.25) is 14.4 Å². The van der Waals surface area contributed by atoms with E-state index >= 15 is 0 Å². The lowest BCUT2D eigenvalue weighted by atomic mass is 10.3. The van der Waals surface area contributed by atoms with E-state index in [2.05, 4.69) is 25.6 Å². The quantitative estimate of drug-likeness (QED) is 0.444. The molecule has 0 bridgehead atoms. The van der Waals surface area contributed by atoms with E-state index in [9.17, 15) is 14.4 Å². The number of thiophene rings is 1. The molecule has 1 atom stereocenters. The summed E-state index contributed by atoms with van der Waals surface area (Å²) in [5.41, 5.74) is -0.0657. The van der Waals surface area contributed by atoms with Gasteiger partial charge in [0.2, 0.25) is 5.91 Å². The van der Waals surface area contributed by atoms with Gasteiger partial charge in [-0.05, 0) is 30.5 Å². The maximum absolute atomic E-state index is 12.6. The molecule has 1 amide bonds. The number of carbonyl (C=O) groups is 1. The van der Waals surface area contributed by atoms with Crippen molar-refractivity contribution < 1.29 is 4.79 Å². The van der Waals surface area contributed by atoms with E-state index in [4.69, 9.17) is 0 Å². The number of rotatable bonds is 7. The smallest absolute Gasteiger partial charge is 0.267 e. The van der Waals surface area contributed by atoms with E-state index in [-0.39, 0.29) is 24.2 Å². The van der Waals surface area contributed by atoms with Crippen LogP contribution < -0.4 is 16.4 Å². The summed E-state index contributed by atoms with van der Waals surface area (Å²) in [5.74, 6) is 0.0383. The monoisotopic (exact) mass is 438 g/mol. The molecule has 4 aromatic rings. The lowest BCUT2D eigenvalue weighted by Gasteiger charge is -2.15. The van der Waals surface area contributed by atoms with E-state index in [1.54, 1.807) is 13.0 Å². The maximum atomic E-state index is 12.6. The lowest BCUT2D eigenvalue weighted by molar-refractivity contribution is -0.124. The number of nitrogens with zero attached hydrogens (tertiary/aromatic N) is 7. The van der Waals surface area contributed by atoms with Crippen LogP contribution in [0, 0.1) is 0 Å². The molecule has 0 spiro atoms. The molecule has 158 valence electrons. The predicted octanol–water partition coefficient (Wildman–Crippen LogP) is 0.487. The van der Waals surface area contributed by atoms with Crippen molar-refractivity contribution in [1.82, 2.24) is 39.6 Å². The Morgan fingerprint density at radius 1 is 1.13 bits per heavy atom. The van der Waals surface area contributed by atoms with Crippen LogP contribution in [0.15, 0.2) is 64.0 Å². The average molecular weight is 438 g/mol. The molecule has 0 saturated carbocycles. The molecule has 11 nitrogen and oxygen atoms in total. The fraction of sp³-hybridized carbons (Fsp3) is 0.211. The van der Waals surface area contributed by atoms with Gasteiger partial charge in [0.25, 0.3) is 11.1 Å². The van der Waals surface area contributed by atoms with Gasteiger partial charge in [-0.15, -0.1) is 16.4 Å². The van der Waals surface area contributed by atoms with Crippen LogP contribution >= 0.6 is 11.3 Å². The highest BCUT2D eigenvalue weighted by Gasteiger charge is 2.18. The summed E-state index contributed by atoms with van der Waals surface area (Å²) in [5, 5.41) is 17.2. The first-order valence-electron chi connectivity index (χ1n) is 9.37. The minimum atomic E-state index is -0.821. The first-order chi connectivity index (χ1) is 15.0. The summed E-state index contributed by atoms with van der Waals surface area (Å²) in [6, 6.07) is 8.89. The summed E-state index contributed by atoms with van der Waals surface area (Å²) >= 11 is 1.50. The Labute approximate surface area is 179 Å². The van der Waals surface area contributed by atoms with Crippen LogP contribution in [0.3, 0.4) is 0 Å². The lowest BCUT2D eigenvalue weighted by Crippen LogP contribution is -2.39. The van der Waals surface area contributed by atoms with Crippen molar-refractivity contribution >= 4 is 17.2 Å². The second kappa shape index (κ2) is 8.83. The normalized spacial score (nSPS) is 11.9. The van der Waals surface area contributed by atoms with Gasteiger partial charge >= 0.3 is 0 Å². The third-order valence-electron chi connectivity index (χ3n) is 4.47. The van der Waals surface area contributed by atoms with Crippen LogP contribution in [0.25, 0.3) is 16.4 Å². The fourth-order valence-electron chi connectivity index (χ4n) is 2.85. The first kappa shape index (κ1) is 20.3. The number of carbonyl (C=O) groups excluding carboxylic acids is 1. The molecule has 0 aliphatic heterocycles. The zero-order valence-corrected chi connectivity index (χ0v) is 17.3. The van der Waals surface area contributed by atoms with Gasteiger partial charge in [0.05, 0.1) is 11.4 Å². The Hall–Kier alpha value is -3.93. The summed E-state index contributed by atoms with van der Waals surface area (Å²) in [6.07, 6.45) is 2.83. The van der Waals surface area contributed by atoms with Crippen molar-refractivity contribution in [2.24, 2.45) is 0 Å². The van der Waals surface area contributed by atoms with Crippen LogP contribution in [0.4, 0.5) is 0 Å². The van der Waals surface area contributed by atoms with Crippen LogP contribution in [-0.2, 0) is 11.3 Å². The number of aromatic nitrogens is 7. The Morgan fingerprint density at radius 3 is 2.71 bits per heavy atom. The standard InChI is InChI=1S/C19H18N8O3S/c1-13(27-18(29)6-4-14(23-27)15-3-2-10-31-15)19(30)21-8-9-25-17(28)7-5-16(24-25)26-12-20-11-22-26/h2-7,10-13H,8-9H2,1H3,(H,21,30). The van der Waals surface area contributed by atoms with Crippen LogP contribution in [0.5, 0.6) is 0 Å². The summed E-state index contributed by atoms with van der Waals surface area (Å²) < 4.78 is 3.80. The van der Waals surface area contributed by atoms with E-state index in [0.29, 0.717) is 11.5 Å². The van der Waals surface area contributed by atoms with E-state index < -0.39 is 11.9 Å². The van der Waals surface area contributed by atoms with E-state index in [1.807, 2.05) is 17.5 Å². The van der Waals surface area contributed by atoms with Crippen molar-refractivity contribution in [3.05, 3.63) is 75.1 Å². The van der Waals surface area contributed by atoms with Crippen molar-refractivity contribution in [3.8, 4) is 16.4 Å². The molecular formula is C19H18N8O3S. The van der Waals surface area contributed by atoms with Gasteiger partial charge in [-0.25, -0.2) is 19.0 Å². The second-order valence-corrected chi connectivity index (χ2v) is 7.49. The van der Waals surface area contributed by atoms with Gasteiger partial charge in [0.15, 0.2) is 5.82 Å². The summed E-state index contributed by atoms with van der Waals surface area (Å²) in [7, 11) is 0. The minimum absolute atomic E-state index is 0.149. The predicted molar refractivity (Wildman–Crippen MR) is 113 cm³/mol. The third-order valence-corrected chi connectivity index (χ3v) is 5.37. The Morgan fingerprint density at radius 2 is 1.97 bits per heavy atom. The molecule has 31 heavy (non-hydrogen) atoms. The topological polar surface area (TPSA) is 130 Å². The molecule has 0 aliphatic rings. The first-order valence-corrected chi connectivity index (χ1v) is 10.3. The highest BCUT2D eigenvalue weighted by molar-refractivity contribution is 7.13. The van der Waals surface area contributed by atoms with E-state index in [0.717, 1.165) is 9.56 Å². The zero-order valence-electron chi connectivity index (χ0n) is 16.5. The van der Waals surface area contributed by atoms with Gasteiger partial charge < -0.3 is 5.32 Å². The van der Waals surface area contributed by atoms with Crippen molar-refractivity contribution in [2.45, 2.75) is 19.5 Å². The number of amides is 1. The molecular weight excluding hydrogens is 420 g/mol. The molecule has 0 saturated heterocycles. The molecule has 12 heteroatoms. The maximum Gasteiger partial charge on any atom is 0.267 e. The number of hydrogen-bond donors (Lipinski definition) is 1. The molecule has 1 unspecified atom stereocenters. The van der Waals surface area contributed by atoms with Crippen LogP contribution in [-0.4, -0.2) is 46.8 Å². The summed E-state index contributed by atoms with van der Waals surface area (Å²) in [4.78, 5) is 41.6.